The predicted octanol–water partition coefficient (Wildman–Crippen LogP) is 4.93. The maximum Gasteiger partial charge on any atom is 0.224 e. The van der Waals surface area contributed by atoms with Gasteiger partial charge in [0, 0.05) is 42.2 Å². The minimum absolute atomic E-state index is 0.0745. The fourth-order valence-electron chi connectivity index (χ4n) is 2.81. The molecule has 29 heavy (non-hydrogen) atoms. The van der Waals surface area contributed by atoms with Crippen LogP contribution in [0.4, 0.5) is 5.69 Å². The van der Waals surface area contributed by atoms with Crippen molar-refractivity contribution in [3.05, 3.63) is 71.3 Å². The monoisotopic (exact) mass is 409 g/mol. The SMILES string of the molecule is CCCOc1ccc(C(=O)CCC(=O)Nc2cccc(-n3cc[nH]c3=S)c2)cc1. The number of nitrogens with zero attached hydrogens (tertiary/aromatic N) is 1. The van der Waals surface area contributed by atoms with Crippen LogP contribution in [0.5, 0.6) is 5.75 Å². The molecule has 0 aliphatic heterocycles. The Labute approximate surface area is 174 Å². The highest BCUT2D eigenvalue weighted by molar-refractivity contribution is 7.71. The van der Waals surface area contributed by atoms with E-state index in [9.17, 15) is 9.59 Å². The van der Waals surface area contributed by atoms with Gasteiger partial charge in [-0.25, -0.2) is 0 Å². The van der Waals surface area contributed by atoms with Gasteiger partial charge in [-0.2, -0.15) is 0 Å². The van der Waals surface area contributed by atoms with Crippen molar-refractivity contribution < 1.29 is 14.3 Å². The van der Waals surface area contributed by atoms with Crippen molar-refractivity contribution in [1.29, 1.82) is 0 Å². The molecule has 7 heteroatoms. The average molecular weight is 410 g/mol. The van der Waals surface area contributed by atoms with E-state index in [0.717, 1.165) is 17.9 Å². The fraction of sp³-hybridized carbons (Fsp3) is 0.227. The Balaban J connectivity index is 1.54. The lowest BCUT2D eigenvalue weighted by atomic mass is 10.1. The van der Waals surface area contributed by atoms with Crippen LogP contribution in [-0.4, -0.2) is 27.8 Å². The second-order valence-corrected chi connectivity index (χ2v) is 6.92. The highest BCUT2D eigenvalue weighted by Crippen LogP contribution is 2.17. The van der Waals surface area contributed by atoms with Gasteiger partial charge in [-0.1, -0.05) is 13.0 Å². The number of ketones is 1. The summed E-state index contributed by atoms with van der Waals surface area (Å²) in [6.07, 6.45) is 4.75. The molecule has 0 aliphatic rings. The van der Waals surface area contributed by atoms with Crippen molar-refractivity contribution in [2.24, 2.45) is 0 Å². The molecule has 0 unspecified atom stereocenters. The van der Waals surface area contributed by atoms with E-state index in [4.69, 9.17) is 17.0 Å². The molecule has 0 saturated carbocycles. The first-order chi connectivity index (χ1) is 14.1. The average Bonchev–Trinajstić information content (AvgIpc) is 3.17. The number of amides is 1. The van der Waals surface area contributed by atoms with Crippen LogP contribution < -0.4 is 10.1 Å². The van der Waals surface area contributed by atoms with E-state index >= 15 is 0 Å². The van der Waals surface area contributed by atoms with Gasteiger partial charge in [0.1, 0.15) is 5.75 Å². The summed E-state index contributed by atoms with van der Waals surface area (Å²) < 4.78 is 7.89. The Bertz CT molecular complexity index is 1040. The molecule has 1 heterocycles. The fourth-order valence-corrected chi connectivity index (χ4v) is 3.04. The Kier molecular flexibility index (Phi) is 6.97. The van der Waals surface area contributed by atoms with Crippen LogP contribution in [0.1, 0.15) is 36.5 Å². The summed E-state index contributed by atoms with van der Waals surface area (Å²) in [5, 5.41) is 2.83. The summed E-state index contributed by atoms with van der Waals surface area (Å²) in [4.78, 5) is 27.5. The molecule has 1 aromatic heterocycles. The topological polar surface area (TPSA) is 76.1 Å². The molecule has 0 radical (unpaired) electrons. The first kappa shape index (κ1) is 20.5. The number of ether oxygens (including phenoxy) is 1. The summed E-state index contributed by atoms with van der Waals surface area (Å²) in [5.41, 5.74) is 2.07. The zero-order chi connectivity index (χ0) is 20.6. The minimum atomic E-state index is -0.212. The van der Waals surface area contributed by atoms with E-state index in [1.165, 1.54) is 0 Å². The molecule has 2 N–H and O–H groups in total. The summed E-state index contributed by atoms with van der Waals surface area (Å²) in [6, 6.07) is 14.4. The summed E-state index contributed by atoms with van der Waals surface area (Å²) in [6.45, 7) is 2.68. The lowest BCUT2D eigenvalue weighted by molar-refractivity contribution is -0.116. The number of hydrogen-bond acceptors (Lipinski definition) is 4. The third-order valence-electron chi connectivity index (χ3n) is 4.29. The van der Waals surface area contributed by atoms with E-state index in [1.807, 2.05) is 35.9 Å². The molecule has 3 rings (SSSR count). The molecular weight excluding hydrogens is 386 g/mol. The molecule has 0 aliphatic carbocycles. The number of rotatable bonds is 9. The molecule has 6 nitrogen and oxygen atoms in total. The maximum absolute atomic E-state index is 12.3. The standard InChI is InChI=1S/C22H23N3O3S/c1-2-14-28-19-8-6-16(7-9-19)20(26)10-11-21(27)24-17-4-3-5-18(15-17)25-13-12-23-22(25)29/h3-9,12-13,15H,2,10-11,14H2,1H3,(H,23,29)(H,24,27). The van der Waals surface area contributed by atoms with E-state index < -0.39 is 0 Å². The number of anilines is 1. The molecule has 0 atom stereocenters. The van der Waals surface area contributed by atoms with Gasteiger partial charge in [0.25, 0.3) is 0 Å². The first-order valence-corrected chi connectivity index (χ1v) is 9.90. The number of carbonyl (C=O) groups excluding carboxylic acids is 2. The second kappa shape index (κ2) is 9.84. The Hall–Kier alpha value is -3.19. The highest BCUT2D eigenvalue weighted by atomic mass is 32.1. The van der Waals surface area contributed by atoms with E-state index in [0.29, 0.717) is 22.6 Å². The van der Waals surface area contributed by atoms with Crippen molar-refractivity contribution in [3.63, 3.8) is 0 Å². The van der Waals surface area contributed by atoms with Crippen LogP contribution in [0.2, 0.25) is 0 Å². The molecule has 0 spiro atoms. The number of carbonyl (C=O) groups is 2. The van der Waals surface area contributed by atoms with Gasteiger partial charge in [0.05, 0.1) is 6.61 Å². The van der Waals surface area contributed by atoms with Crippen molar-refractivity contribution in [2.75, 3.05) is 11.9 Å². The molecule has 150 valence electrons. The summed E-state index contributed by atoms with van der Waals surface area (Å²) in [5.74, 6) is 0.453. The Morgan fingerprint density at radius 2 is 1.93 bits per heavy atom. The number of aromatic amines is 1. The van der Waals surface area contributed by atoms with Gasteiger partial charge in [0.15, 0.2) is 10.6 Å². The second-order valence-electron chi connectivity index (χ2n) is 6.53. The molecule has 1 amide bonds. The van der Waals surface area contributed by atoms with Gasteiger partial charge >= 0.3 is 0 Å². The summed E-state index contributed by atoms with van der Waals surface area (Å²) in [7, 11) is 0. The first-order valence-electron chi connectivity index (χ1n) is 9.49. The van der Waals surface area contributed by atoms with Gasteiger partial charge in [-0.3, -0.25) is 14.2 Å². The summed E-state index contributed by atoms with van der Waals surface area (Å²) >= 11 is 5.22. The Morgan fingerprint density at radius 1 is 1.14 bits per heavy atom. The molecular formula is C22H23N3O3S. The van der Waals surface area contributed by atoms with E-state index in [1.54, 1.807) is 36.5 Å². The van der Waals surface area contributed by atoms with Crippen molar-refractivity contribution in [3.8, 4) is 11.4 Å². The molecule has 0 saturated heterocycles. The van der Waals surface area contributed by atoms with Crippen molar-refractivity contribution in [2.45, 2.75) is 26.2 Å². The van der Waals surface area contributed by atoms with Crippen LogP contribution in [-0.2, 0) is 4.79 Å². The smallest absolute Gasteiger partial charge is 0.224 e. The molecule has 2 aromatic carbocycles. The largest absolute Gasteiger partial charge is 0.494 e. The molecule has 0 bridgehead atoms. The van der Waals surface area contributed by atoms with Gasteiger partial charge in [-0.15, -0.1) is 0 Å². The Morgan fingerprint density at radius 3 is 2.62 bits per heavy atom. The van der Waals surface area contributed by atoms with E-state index in [2.05, 4.69) is 10.3 Å². The zero-order valence-electron chi connectivity index (χ0n) is 16.2. The van der Waals surface area contributed by atoms with Gasteiger partial charge in [0.2, 0.25) is 5.91 Å². The number of benzene rings is 2. The number of nitrogens with one attached hydrogen (secondary N) is 2. The van der Waals surface area contributed by atoms with E-state index in [-0.39, 0.29) is 24.5 Å². The molecule has 3 aromatic rings. The van der Waals surface area contributed by atoms with Crippen molar-refractivity contribution in [1.82, 2.24) is 9.55 Å². The lowest BCUT2D eigenvalue weighted by Gasteiger charge is -2.08. The number of imidazole rings is 1. The number of H-pyrrole nitrogens is 1. The number of aromatic nitrogens is 2. The van der Waals surface area contributed by atoms with Crippen LogP contribution in [0, 0.1) is 4.77 Å². The van der Waals surface area contributed by atoms with Crippen LogP contribution in [0.3, 0.4) is 0 Å². The normalized spacial score (nSPS) is 10.5. The van der Waals surface area contributed by atoms with Gasteiger partial charge in [-0.05, 0) is 61.1 Å². The van der Waals surface area contributed by atoms with Gasteiger partial charge < -0.3 is 15.0 Å². The van der Waals surface area contributed by atoms with Crippen molar-refractivity contribution >= 4 is 29.6 Å². The van der Waals surface area contributed by atoms with Crippen LogP contribution in [0.15, 0.2) is 60.9 Å². The highest BCUT2D eigenvalue weighted by Gasteiger charge is 2.10. The minimum Gasteiger partial charge on any atom is -0.494 e. The lowest BCUT2D eigenvalue weighted by Crippen LogP contribution is -2.13. The third kappa shape index (κ3) is 5.65. The predicted molar refractivity (Wildman–Crippen MR) is 115 cm³/mol. The van der Waals surface area contributed by atoms with Crippen LogP contribution >= 0.6 is 12.2 Å². The van der Waals surface area contributed by atoms with Crippen LogP contribution in [0.25, 0.3) is 5.69 Å². The number of Topliss-reactive ketones (excluding diaryl/α,β-unsaturated/α-hetero) is 1. The third-order valence-corrected chi connectivity index (χ3v) is 4.60. The zero-order valence-corrected chi connectivity index (χ0v) is 17.0. The quantitative estimate of drug-likeness (QED) is 0.388. The number of hydrogen-bond donors (Lipinski definition) is 2. The maximum atomic E-state index is 12.3. The molecule has 0 fully saturated rings.